The van der Waals surface area contributed by atoms with E-state index < -0.39 is 5.12 Å². The van der Waals surface area contributed by atoms with Gasteiger partial charge in [0.25, 0.3) is 0 Å². The lowest BCUT2D eigenvalue weighted by Gasteiger charge is -2.30. The van der Waals surface area contributed by atoms with Gasteiger partial charge < -0.3 is 5.32 Å². The fourth-order valence-electron chi connectivity index (χ4n) is 1.85. The van der Waals surface area contributed by atoms with Crippen LogP contribution in [0.5, 0.6) is 0 Å². The molecular formula is C13H12Cl4N2. The number of rotatable bonds is 2. The number of dihydropyridines is 1. The molecule has 1 aliphatic heterocycles. The molecule has 0 radical (unpaired) electrons. The standard InChI is InChI=1S/C13H12Cl4N2/c1-7-11(16)6-13(17,18)19-12(7)5-8-9(14)3-2-4-10(8)15/h2-4,6,19H,5,18H2,1H3. The zero-order valence-electron chi connectivity index (χ0n) is 10.1. The third kappa shape index (κ3) is 3.39. The van der Waals surface area contributed by atoms with Crippen LogP contribution in [-0.4, -0.2) is 5.12 Å². The minimum absolute atomic E-state index is 0.486. The van der Waals surface area contributed by atoms with Crippen molar-refractivity contribution in [3.05, 3.63) is 56.2 Å². The maximum absolute atomic E-state index is 6.16. The summed E-state index contributed by atoms with van der Waals surface area (Å²) in [4.78, 5) is 0. The van der Waals surface area contributed by atoms with Crippen molar-refractivity contribution in [3.8, 4) is 0 Å². The van der Waals surface area contributed by atoms with E-state index in [-0.39, 0.29) is 0 Å². The van der Waals surface area contributed by atoms with E-state index in [1.807, 2.05) is 6.92 Å². The number of nitrogens with two attached hydrogens (primary N) is 1. The van der Waals surface area contributed by atoms with Gasteiger partial charge in [-0.25, -0.2) is 0 Å². The number of nitrogens with one attached hydrogen (secondary N) is 1. The Labute approximate surface area is 132 Å². The van der Waals surface area contributed by atoms with Gasteiger partial charge in [0, 0.05) is 27.2 Å². The average molecular weight is 338 g/mol. The Bertz CT molecular complexity index is 556. The number of halogens is 4. The molecule has 1 heterocycles. The first-order valence-corrected chi connectivity index (χ1v) is 7.08. The molecule has 1 atom stereocenters. The number of alkyl halides is 1. The van der Waals surface area contributed by atoms with Crippen molar-refractivity contribution in [3.63, 3.8) is 0 Å². The van der Waals surface area contributed by atoms with E-state index in [1.165, 1.54) is 0 Å². The molecular weight excluding hydrogens is 326 g/mol. The molecule has 2 nitrogen and oxygen atoms in total. The first-order chi connectivity index (χ1) is 8.80. The molecule has 2 rings (SSSR count). The molecule has 0 bridgehead atoms. The van der Waals surface area contributed by atoms with Gasteiger partial charge in [0.15, 0.2) is 5.12 Å². The fourth-order valence-corrected chi connectivity index (χ4v) is 2.95. The summed E-state index contributed by atoms with van der Waals surface area (Å²) in [6.07, 6.45) is 2.04. The first kappa shape index (κ1) is 15.0. The smallest absolute Gasteiger partial charge is 0.184 e. The summed E-state index contributed by atoms with van der Waals surface area (Å²) in [5.74, 6) is 0. The molecule has 0 saturated carbocycles. The lowest BCUT2D eigenvalue weighted by molar-refractivity contribution is 0.601. The lowest BCUT2D eigenvalue weighted by atomic mass is 10.0. The highest BCUT2D eigenvalue weighted by molar-refractivity contribution is 6.36. The zero-order chi connectivity index (χ0) is 14.2. The largest absolute Gasteiger partial charge is 0.354 e. The van der Waals surface area contributed by atoms with Gasteiger partial charge in [-0.2, -0.15) is 0 Å². The molecule has 3 N–H and O–H groups in total. The van der Waals surface area contributed by atoms with Gasteiger partial charge >= 0.3 is 0 Å². The van der Waals surface area contributed by atoms with Crippen LogP contribution in [0.15, 0.2) is 40.6 Å². The number of hydrogen-bond acceptors (Lipinski definition) is 2. The molecule has 102 valence electrons. The first-order valence-electron chi connectivity index (χ1n) is 5.57. The molecule has 6 heteroatoms. The molecule has 0 aliphatic carbocycles. The molecule has 0 spiro atoms. The SMILES string of the molecule is CC1=C(Cc2c(Cl)cccc2Cl)NC(N)(Cl)C=C1Cl. The molecule has 0 saturated heterocycles. The van der Waals surface area contributed by atoms with Crippen LogP contribution in [0, 0.1) is 0 Å². The highest BCUT2D eigenvalue weighted by atomic mass is 35.5. The van der Waals surface area contributed by atoms with Crippen molar-refractivity contribution >= 4 is 46.4 Å². The van der Waals surface area contributed by atoms with E-state index in [4.69, 9.17) is 52.1 Å². The Kier molecular flexibility index (Phi) is 4.38. The van der Waals surface area contributed by atoms with Gasteiger partial charge in [-0.1, -0.05) is 52.5 Å². The summed E-state index contributed by atoms with van der Waals surface area (Å²) >= 11 is 24.5. The van der Waals surface area contributed by atoms with Gasteiger partial charge in [-0.3, -0.25) is 5.73 Å². The van der Waals surface area contributed by atoms with E-state index in [0.717, 1.165) is 16.8 Å². The summed E-state index contributed by atoms with van der Waals surface area (Å²) in [6.45, 7) is 1.89. The molecule has 1 aromatic carbocycles. The van der Waals surface area contributed by atoms with Crippen LogP contribution in [0.2, 0.25) is 10.0 Å². The second-order valence-electron chi connectivity index (χ2n) is 4.37. The van der Waals surface area contributed by atoms with Crippen LogP contribution in [0.3, 0.4) is 0 Å². The average Bonchev–Trinajstić information content (AvgIpc) is 2.29. The maximum Gasteiger partial charge on any atom is 0.184 e. The fraction of sp³-hybridized carbons (Fsp3) is 0.231. The molecule has 1 unspecified atom stereocenters. The van der Waals surface area contributed by atoms with Crippen LogP contribution in [0.1, 0.15) is 12.5 Å². The van der Waals surface area contributed by atoms with Crippen LogP contribution >= 0.6 is 46.4 Å². The van der Waals surface area contributed by atoms with Gasteiger partial charge in [-0.05, 0) is 36.3 Å². The number of allylic oxidation sites excluding steroid dienone is 3. The highest BCUT2D eigenvalue weighted by Crippen LogP contribution is 2.32. The third-order valence-electron chi connectivity index (χ3n) is 2.91. The Morgan fingerprint density at radius 1 is 1.21 bits per heavy atom. The highest BCUT2D eigenvalue weighted by Gasteiger charge is 2.27. The Hall–Kier alpha value is -0.380. The normalized spacial score (nSPS) is 23.2. The van der Waals surface area contributed by atoms with Crippen LogP contribution < -0.4 is 11.1 Å². The Morgan fingerprint density at radius 3 is 2.37 bits per heavy atom. The van der Waals surface area contributed by atoms with Crippen molar-refractivity contribution in [2.45, 2.75) is 18.5 Å². The van der Waals surface area contributed by atoms with Crippen LogP contribution in [0.25, 0.3) is 0 Å². The summed E-state index contributed by atoms with van der Waals surface area (Å²) in [5, 5.41) is 3.54. The Morgan fingerprint density at radius 2 is 1.79 bits per heavy atom. The summed E-state index contributed by atoms with van der Waals surface area (Å²) in [7, 11) is 0. The molecule has 1 aromatic rings. The van der Waals surface area contributed by atoms with Crippen LogP contribution in [-0.2, 0) is 6.42 Å². The van der Waals surface area contributed by atoms with Gasteiger partial charge in [-0.15, -0.1) is 0 Å². The number of hydrogen-bond donors (Lipinski definition) is 2. The van der Waals surface area contributed by atoms with E-state index in [0.29, 0.717) is 21.5 Å². The minimum Gasteiger partial charge on any atom is -0.354 e. The van der Waals surface area contributed by atoms with Crippen molar-refractivity contribution in [1.82, 2.24) is 5.32 Å². The summed E-state index contributed by atoms with van der Waals surface area (Å²) in [5.41, 5.74) is 8.34. The molecule has 0 amide bonds. The second-order valence-corrected chi connectivity index (χ2v) is 6.21. The zero-order valence-corrected chi connectivity index (χ0v) is 13.1. The van der Waals surface area contributed by atoms with E-state index >= 15 is 0 Å². The van der Waals surface area contributed by atoms with E-state index in [1.54, 1.807) is 24.3 Å². The van der Waals surface area contributed by atoms with Gasteiger partial charge in [0.1, 0.15) is 0 Å². The van der Waals surface area contributed by atoms with Crippen molar-refractivity contribution < 1.29 is 0 Å². The molecule has 1 aliphatic rings. The van der Waals surface area contributed by atoms with E-state index in [9.17, 15) is 0 Å². The second kappa shape index (κ2) is 5.55. The van der Waals surface area contributed by atoms with Crippen molar-refractivity contribution in [1.29, 1.82) is 0 Å². The van der Waals surface area contributed by atoms with Crippen molar-refractivity contribution in [2.24, 2.45) is 5.73 Å². The van der Waals surface area contributed by atoms with Crippen LogP contribution in [0.4, 0.5) is 0 Å². The van der Waals surface area contributed by atoms with E-state index in [2.05, 4.69) is 5.32 Å². The molecule has 0 aromatic heterocycles. The van der Waals surface area contributed by atoms with Gasteiger partial charge in [0.05, 0.1) is 0 Å². The monoisotopic (exact) mass is 336 g/mol. The molecule has 0 fully saturated rings. The quantitative estimate of drug-likeness (QED) is 0.620. The third-order valence-corrected chi connectivity index (χ3v) is 4.21. The maximum atomic E-state index is 6.16. The summed E-state index contributed by atoms with van der Waals surface area (Å²) in [6, 6.07) is 5.37. The summed E-state index contributed by atoms with van der Waals surface area (Å²) < 4.78 is 0. The topological polar surface area (TPSA) is 38.0 Å². The number of benzene rings is 1. The Balaban J connectivity index is 2.38. The minimum atomic E-state index is -1.19. The predicted octanol–water partition coefficient (Wildman–Crippen LogP) is 4.39. The van der Waals surface area contributed by atoms with Crippen molar-refractivity contribution in [2.75, 3.05) is 0 Å². The molecule has 19 heavy (non-hydrogen) atoms. The predicted molar refractivity (Wildman–Crippen MR) is 82.7 cm³/mol. The van der Waals surface area contributed by atoms with Gasteiger partial charge in [0.2, 0.25) is 0 Å². The lowest BCUT2D eigenvalue weighted by Crippen LogP contribution is -2.48.